The topological polar surface area (TPSA) is 26.0 Å². The number of benzene rings is 1. The van der Waals surface area contributed by atoms with Gasteiger partial charge in [0.2, 0.25) is 0 Å². The highest BCUT2D eigenvalue weighted by molar-refractivity contribution is 5.53. The van der Waals surface area contributed by atoms with Crippen LogP contribution in [-0.4, -0.2) is 0 Å². The fourth-order valence-electron chi connectivity index (χ4n) is 1.49. The van der Waals surface area contributed by atoms with Gasteiger partial charge in [0, 0.05) is 5.69 Å². The second-order valence-electron chi connectivity index (χ2n) is 3.65. The van der Waals surface area contributed by atoms with Crippen LogP contribution in [0.5, 0.6) is 0 Å². The van der Waals surface area contributed by atoms with Gasteiger partial charge < -0.3 is 5.73 Å². The third kappa shape index (κ3) is 1.45. The average molecular weight is 163 g/mol. The largest absolute Gasteiger partial charge is 0.399 e. The number of hydrogen-bond acceptors (Lipinski definition) is 1. The summed E-state index contributed by atoms with van der Waals surface area (Å²) in [6.07, 6.45) is 0. The Morgan fingerprint density at radius 2 is 1.67 bits per heavy atom. The zero-order valence-electron chi connectivity index (χ0n) is 8.31. The maximum atomic E-state index is 5.79. The van der Waals surface area contributed by atoms with Crippen molar-refractivity contribution < 1.29 is 0 Å². The van der Waals surface area contributed by atoms with Crippen molar-refractivity contribution >= 4 is 5.69 Å². The van der Waals surface area contributed by atoms with E-state index < -0.39 is 0 Å². The predicted octanol–water partition coefficient (Wildman–Crippen LogP) is 3.01. The van der Waals surface area contributed by atoms with E-state index in [1.807, 2.05) is 6.07 Å². The van der Waals surface area contributed by atoms with Crippen LogP contribution >= 0.6 is 0 Å². The molecule has 66 valence electrons. The van der Waals surface area contributed by atoms with E-state index in [9.17, 15) is 0 Å². The molecular weight excluding hydrogens is 146 g/mol. The second kappa shape index (κ2) is 3.18. The number of rotatable bonds is 1. The van der Waals surface area contributed by atoms with Crippen LogP contribution in [0, 0.1) is 13.8 Å². The van der Waals surface area contributed by atoms with Gasteiger partial charge in [0.05, 0.1) is 0 Å². The molecule has 2 N–H and O–H groups in total. The SMILES string of the molecule is Cc1c(N)ccc(C(C)C)c1C. The van der Waals surface area contributed by atoms with Gasteiger partial charge >= 0.3 is 0 Å². The third-order valence-electron chi connectivity index (χ3n) is 2.49. The molecule has 0 bridgehead atoms. The Kier molecular flexibility index (Phi) is 2.41. The lowest BCUT2D eigenvalue weighted by atomic mass is 9.94. The molecule has 0 spiro atoms. The maximum absolute atomic E-state index is 5.79. The first-order valence-electron chi connectivity index (χ1n) is 4.39. The molecule has 1 nitrogen and oxygen atoms in total. The summed E-state index contributed by atoms with van der Waals surface area (Å²) >= 11 is 0. The van der Waals surface area contributed by atoms with Gasteiger partial charge in [-0.2, -0.15) is 0 Å². The highest BCUT2D eigenvalue weighted by Crippen LogP contribution is 2.24. The number of nitrogen functional groups attached to an aromatic ring is 1. The zero-order chi connectivity index (χ0) is 9.30. The second-order valence-corrected chi connectivity index (χ2v) is 3.65. The Bertz CT molecular complexity index is 287. The van der Waals surface area contributed by atoms with Crippen LogP contribution in [0.4, 0.5) is 5.69 Å². The Balaban J connectivity index is 3.27. The van der Waals surface area contributed by atoms with Crippen LogP contribution in [0.15, 0.2) is 12.1 Å². The lowest BCUT2D eigenvalue weighted by Gasteiger charge is -2.13. The molecule has 0 unspecified atom stereocenters. The minimum Gasteiger partial charge on any atom is -0.399 e. The monoisotopic (exact) mass is 163 g/mol. The third-order valence-corrected chi connectivity index (χ3v) is 2.49. The fourth-order valence-corrected chi connectivity index (χ4v) is 1.49. The molecule has 0 aliphatic carbocycles. The molecule has 0 aliphatic rings. The minimum absolute atomic E-state index is 0.587. The summed E-state index contributed by atoms with van der Waals surface area (Å²) in [7, 11) is 0. The molecule has 0 saturated carbocycles. The quantitative estimate of drug-likeness (QED) is 0.633. The number of anilines is 1. The highest BCUT2D eigenvalue weighted by atomic mass is 14.6. The summed E-state index contributed by atoms with van der Waals surface area (Å²) in [5, 5.41) is 0. The first-order valence-corrected chi connectivity index (χ1v) is 4.39. The van der Waals surface area contributed by atoms with Crippen LogP contribution in [0.3, 0.4) is 0 Å². The summed E-state index contributed by atoms with van der Waals surface area (Å²) in [4.78, 5) is 0. The van der Waals surface area contributed by atoms with E-state index in [0.717, 1.165) is 5.69 Å². The van der Waals surface area contributed by atoms with E-state index in [0.29, 0.717) is 5.92 Å². The lowest BCUT2D eigenvalue weighted by molar-refractivity contribution is 0.854. The molecular formula is C11H17N. The van der Waals surface area contributed by atoms with Crippen molar-refractivity contribution in [1.29, 1.82) is 0 Å². The smallest absolute Gasteiger partial charge is 0.0346 e. The Labute approximate surface area is 74.6 Å². The van der Waals surface area contributed by atoms with Crippen molar-refractivity contribution in [1.82, 2.24) is 0 Å². The van der Waals surface area contributed by atoms with E-state index >= 15 is 0 Å². The van der Waals surface area contributed by atoms with Gasteiger partial charge in [-0.1, -0.05) is 19.9 Å². The molecule has 0 amide bonds. The van der Waals surface area contributed by atoms with Gasteiger partial charge in [-0.15, -0.1) is 0 Å². The summed E-state index contributed by atoms with van der Waals surface area (Å²) in [6, 6.07) is 4.12. The van der Waals surface area contributed by atoms with Crippen LogP contribution < -0.4 is 5.73 Å². The van der Waals surface area contributed by atoms with E-state index in [-0.39, 0.29) is 0 Å². The molecule has 0 atom stereocenters. The molecule has 1 heteroatoms. The van der Waals surface area contributed by atoms with Gasteiger partial charge in [0.1, 0.15) is 0 Å². The fraction of sp³-hybridized carbons (Fsp3) is 0.455. The van der Waals surface area contributed by atoms with E-state index in [1.54, 1.807) is 0 Å². The zero-order valence-corrected chi connectivity index (χ0v) is 8.31. The van der Waals surface area contributed by atoms with Gasteiger partial charge in [-0.05, 0) is 42.5 Å². The molecule has 1 aromatic carbocycles. The Morgan fingerprint density at radius 3 is 2.17 bits per heavy atom. The van der Waals surface area contributed by atoms with Crippen molar-refractivity contribution in [3.05, 3.63) is 28.8 Å². The van der Waals surface area contributed by atoms with Crippen molar-refractivity contribution in [2.75, 3.05) is 5.73 Å². The Morgan fingerprint density at radius 1 is 1.08 bits per heavy atom. The standard InChI is InChI=1S/C11H17N/c1-7(2)10-5-6-11(12)9(4)8(10)3/h5-7H,12H2,1-4H3. The van der Waals surface area contributed by atoms with Gasteiger partial charge in [0.15, 0.2) is 0 Å². The molecule has 0 saturated heterocycles. The summed E-state index contributed by atoms with van der Waals surface area (Å²) in [5.41, 5.74) is 10.7. The van der Waals surface area contributed by atoms with Crippen molar-refractivity contribution in [3.8, 4) is 0 Å². The Hall–Kier alpha value is -0.980. The van der Waals surface area contributed by atoms with Crippen LogP contribution in [0.1, 0.15) is 36.5 Å². The van der Waals surface area contributed by atoms with Crippen LogP contribution in [-0.2, 0) is 0 Å². The predicted molar refractivity (Wildman–Crippen MR) is 54.4 cm³/mol. The number of nitrogens with two attached hydrogens (primary N) is 1. The van der Waals surface area contributed by atoms with Gasteiger partial charge in [-0.3, -0.25) is 0 Å². The normalized spacial score (nSPS) is 10.8. The lowest BCUT2D eigenvalue weighted by Crippen LogP contribution is -1.98. The molecule has 0 aromatic heterocycles. The first kappa shape index (κ1) is 9.11. The molecule has 0 heterocycles. The van der Waals surface area contributed by atoms with Gasteiger partial charge in [0.25, 0.3) is 0 Å². The van der Waals surface area contributed by atoms with Crippen LogP contribution in [0.25, 0.3) is 0 Å². The summed E-state index contributed by atoms with van der Waals surface area (Å²) in [5.74, 6) is 0.587. The molecule has 1 aromatic rings. The maximum Gasteiger partial charge on any atom is 0.0346 e. The minimum atomic E-state index is 0.587. The van der Waals surface area contributed by atoms with Crippen molar-refractivity contribution in [2.24, 2.45) is 0 Å². The van der Waals surface area contributed by atoms with E-state index in [1.165, 1.54) is 16.7 Å². The van der Waals surface area contributed by atoms with E-state index in [2.05, 4.69) is 33.8 Å². The molecule has 12 heavy (non-hydrogen) atoms. The number of hydrogen-bond donors (Lipinski definition) is 1. The van der Waals surface area contributed by atoms with E-state index in [4.69, 9.17) is 5.73 Å². The average Bonchev–Trinajstić information content (AvgIpc) is 2.00. The van der Waals surface area contributed by atoms with Crippen molar-refractivity contribution in [2.45, 2.75) is 33.6 Å². The summed E-state index contributed by atoms with van der Waals surface area (Å²) < 4.78 is 0. The molecule has 0 fully saturated rings. The molecule has 1 rings (SSSR count). The van der Waals surface area contributed by atoms with Gasteiger partial charge in [-0.25, -0.2) is 0 Å². The highest BCUT2D eigenvalue weighted by Gasteiger charge is 2.06. The molecule has 0 radical (unpaired) electrons. The van der Waals surface area contributed by atoms with Crippen LogP contribution in [0.2, 0.25) is 0 Å². The first-order chi connectivity index (χ1) is 5.54. The molecule has 0 aliphatic heterocycles. The van der Waals surface area contributed by atoms with Crippen molar-refractivity contribution in [3.63, 3.8) is 0 Å². The summed E-state index contributed by atoms with van der Waals surface area (Å²) in [6.45, 7) is 8.63.